The van der Waals surface area contributed by atoms with Gasteiger partial charge in [0.25, 0.3) is 5.91 Å². The predicted molar refractivity (Wildman–Crippen MR) is 61.5 cm³/mol. The second kappa shape index (κ2) is 4.60. The first-order valence-corrected chi connectivity index (χ1v) is 5.37. The van der Waals surface area contributed by atoms with Crippen LogP contribution < -0.4 is 0 Å². The number of carbonyl (C=O) groups excluding carboxylic acids is 1. The molecule has 0 aromatic heterocycles. The molecule has 0 radical (unpaired) electrons. The first-order chi connectivity index (χ1) is 6.56. The molecule has 1 aromatic rings. The normalized spacial score (nSPS) is 10.0. The highest BCUT2D eigenvalue weighted by molar-refractivity contribution is 9.10. The van der Waals surface area contributed by atoms with Crippen LogP contribution in [0.1, 0.15) is 22.8 Å². The molecule has 0 saturated heterocycles. The van der Waals surface area contributed by atoms with Crippen molar-refractivity contribution in [2.24, 2.45) is 0 Å². The zero-order valence-electron chi connectivity index (χ0n) is 8.67. The Labute approximate surface area is 93.0 Å². The average Bonchev–Trinajstić information content (AvgIpc) is 2.15. The Kier molecular flexibility index (Phi) is 3.69. The van der Waals surface area contributed by atoms with E-state index in [1.54, 1.807) is 11.9 Å². The summed E-state index contributed by atoms with van der Waals surface area (Å²) in [4.78, 5) is 13.5. The molecule has 0 atom stereocenters. The highest BCUT2D eigenvalue weighted by atomic mass is 79.9. The van der Waals surface area contributed by atoms with Gasteiger partial charge < -0.3 is 4.90 Å². The van der Waals surface area contributed by atoms with Crippen molar-refractivity contribution in [3.05, 3.63) is 33.8 Å². The summed E-state index contributed by atoms with van der Waals surface area (Å²) >= 11 is 3.40. The molecule has 0 aliphatic rings. The van der Waals surface area contributed by atoms with Gasteiger partial charge in [-0.3, -0.25) is 4.79 Å². The molecule has 1 rings (SSSR count). The van der Waals surface area contributed by atoms with E-state index in [9.17, 15) is 4.79 Å². The quantitative estimate of drug-likeness (QED) is 0.796. The van der Waals surface area contributed by atoms with Crippen LogP contribution in [0.3, 0.4) is 0 Å². The lowest BCUT2D eigenvalue weighted by Crippen LogP contribution is -2.26. The molecule has 0 fully saturated rings. The summed E-state index contributed by atoms with van der Waals surface area (Å²) in [6, 6.07) is 5.76. The Morgan fingerprint density at radius 3 is 2.64 bits per heavy atom. The number of benzene rings is 1. The van der Waals surface area contributed by atoms with Crippen molar-refractivity contribution >= 4 is 21.8 Å². The third-order valence-electron chi connectivity index (χ3n) is 2.18. The van der Waals surface area contributed by atoms with Gasteiger partial charge in [0.2, 0.25) is 0 Å². The minimum atomic E-state index is 0.0550. The van der Waals surface area contributed by atoms with E-state index < -0.39 is 0 Å². The third kappa shape index (κ3) is 2.35. The number of carbonyl (C=O) groups is 1. The fourth-order valence-corrected chi connectivity index (χ4v) is 1.81. The fraction of sp³-hybridized carbons (Fsp3) is 0.364. The lowest BCUT2D eigenvalue weighted by Gasteiger charge is -2.15. The van der Waals surface area contributed by atoms with Crippen molar-refractivity contribution in [3.63, 3.8) is 0 Å². The first-order valence-electron chi connectivity index (χ1n) is 4.58. The summed E-state index contributed by atoms with van der Waals surface area (Å²) < 4.78 is 0.864. The fourth-order valence-electron chi connectivity index (χ4n) is 1.14. The van der Waals surface area contributed by atoms with Crippen molar-refractivity contribution < 1.29 is 4.79 Å². The molecular formula is C11H14BrNO. The van der Waals surface area contributed by atoms with Crippen LogP contribution in [0.5, 0.6) is 0 Å². The van der Waals surface area contributed by atoms with Gasteiger partial charge in [-0.15, -0.1) is 0 Å². The van der Waals surface area contributed by atoms with Crippen molar-refractivity contribution in [3.8, 4) is 0 Å². The molecular weight excluding hydrogens is 242 g/mol. The van der Waals surface area contributed by atoms with Crippen LogP contribution in [-0.2, 0) is 0 Å². The number of nitrogens with zero attached hydrogens (tertiary/aromatic N) is 1. The summed E-state index contributed by atoms with van der Waals surface area (Å²) in [5.41, 5.74) is 1.87. The van der Waals surface area contributed by atoms with Crippen LogP contribution in [0, 0.1) is 6.92 Å². The van der Waals surface area contributed by atoms with Gasteiger partial charge in [0.1, 0.15) is 0 Å². The molecule has 0 bridgehead atoms. The van der Waals surface area contributed by atoms with Gasteiger partial charge >= 0.3 is 0 Å². The highest BCUT2D eigenvalue weighted by Crippen LogP contribution is 2.19. The smallest absolute Gasteiger partial charge is 0.254 e. The summed E-state index contributed by atoms with van der Waals surface area (Å²) in [7, 11) is 1.80. The predicted octanol–water partition coefficient (Wildman–Crippen LogP) is 2.85. The maximum Gasteiger partial charge on any atom is 0.254 e. The summed E-state index contributed by atoms with van der Waals surface area (Å²) in [5.74, 6) is 0.0550. The summed E-state index contributed by atoms with van der Waals surface area (Å²) in [6.07, 6.45) is 0. The van der Waals surface area contributed by atoms with E-state index in [4.69, 9.17) is 0 Å². The van der Waals surface area contributed by atoms with E-state index in [0.717, 1.165) is 22.1 Å². The number of rotatable bonds is 2. The van der Waals surface area contributed by atoms with Crippen molar-refractivity contribution in [2.45, 2.75) is 13.8 Å². The van der Waals surface area contributed by atoms with E-state index >= 15 is 0 Å². The Morgan fingerprint density at radius 1 is 1.50 bits per heavy atom. The number of hydrogen-bond acceptors (Lipinski definition) is 1. The maximum atomic E-state index is 11.8. The third-order valence-corrected chi connectivity index (χ3v) is 2.83. The van der Waals surface area contributed by atoms with Gasteiger partial charge in [0.05, 0.1) is 5.56 Å². The molecule has 0 aliphatic carbocycles. The Morgan fingerprint density at radius 2 is 2.14 bits per heavy atom. The lowest BCUT2D eigenvalue weighted by molar-refractivity contribution is 0.0801. The van der Waals surface area contributed by atoms with E-state index in [1.807, 2.05) is 32.0 Å². The van der Waals surface area contributed by atoms with E-state index in [2.05, 4.69) is 15.9 Å². The van der Waals surface area contributed by atoms with Crippen LogP contribution >= 0.6 is 15.9 Å². The highest BCUT2D eigenvalue weighted by Gasteiger charge is 2.12. The standard InChI is InChI=1S/C11H14BrNO/c1-4-13(3)11(14)9-6-5-8(2)7-10(9)12/h5-7H,4H2,1-3H3. The van der Waals surface area contributed by atoms with Gasteiger partial charge in [0, 0.05) is 18.1 Å². The number of halogens is 1. The summed E-state index contributed by atoms with van der Waals surface area (Å²) in [5, 5.41) is 0. The Balaban J connectivity index is 3.02. The second-order valence-corrected chi connectivity index (χ2v) is 4.16. The molecule has 0 heterocycles. The second-order valence-electron chi connectivity index (χ2n) is 3.30. The van der Waals surface area contributed by atoms with Crippen LogP contribution in [0.4, 0.5) is 0 Å². The summed E-state index contributed by atoms with van der Waals surface area (Å²) in [6.45, 7) is 4.68. The van der Waals surface area contributed by atoms with E-state index in [1.165, 1.54) is 0 Å². The SMILES string of the molecule is CCN(C)C(=O)c1ccc(C)cc1Br. The zero-order chi connectivity index (χ0) is 10.7. The van der Waals surface area contributed by atoms with Crippen LogP contribution in [0.15, 0.2) is 22.7 Å². The van der Waals surface area contributed by atoms with Crippen molar-refractivity contribution in [1.29, 1.82) is 0 Å². The van der Waals surface area contributed by atoms with Gasteiger partial charge in [0.15, 0.2) is 0 Å². The largest absolute Gasteiger partial charge is 0.342 e. The van der Waals surface area contributed by atoms with Crippen LogP contribution in [0.25, 0.3) is 0 Å². The molecule has 0 saturated carbocycles. The molecule has 3 heteroatoms. The molecule has 0 N–H and O–H groups in total. The van der Waals surface area contributed by atoms with Crippen LogP contribution in [-0.4, -0.2) is 24.4 Å². The molecule has 1 amide bonds. The number of aryl methyl sites for hydroxylation is 1. The molecule has 2 nitrogen and oxygen atoms in total. The minimum absolute atomic E-state index is 0.0550. The molecule has 14 heavy (non-hydrogen) atoms. The first kappa shape index (κ1) is 11.2. The molecule has 0 spiro atoms. The van der Waals surface area contributed by atoms with Gasteiger partial charge in [-0.25, -0.2) is 0 Å². The van der Waals surface area contributed by atoms with E-state index in [-0.39, 0.29) is 5.91 Å². The minimum Gasteiger partial charge on any atom is -0.342 e. The zero-order valence-corrected chi connectivity index (χ0v) is 10.3. The van der Waals surface area contributed by atoms with Gasteiger partial charge in [-0.05, 0) is 47.5 Å². The van der Waals surface area contributed by atoms with E-state index in [0.29, 0.717) is 0 Å². The van der Waals surface area contributed by atoms with Crippen molar-refractivity contribution in [1.82, 2.24) is 4.90 Å². The maximum absolute atomic E-state index is 11.8. The Hall–Kier alpha value is -0.830. The lowest BCUT2D eigenvalue weighted by atomic mass is 10.1. The molecule has 76 valence electrons. The van der Waals surface area contributed by atoms with Crippen molar-refractivity contribution in [2.75, 3.05) is 13.6 Å². The topological polar surface area (TPSA) is 20.3 Å². The van der Waals surface area contributed by atoms with Crippen LogP contribution in [0.2, 0.25) is 0 Å². The monoisotopic (exact) mass is 255 g/mol. The van der Waals surface area contributed by atoms with Gasteiger partial charge in [-0.1, -0.05) is 6.07 Å². The average molecular weight is 256 g/mol. The number of hydrogen-bond donors (Lipinski definition) is 0. The molecule has 1 aromatic carbocycles. The Bertz CT molecular complexity index is 349. The van der Waals surface area contributed by atoms with Gasteiger partial charge in [-0.2, -0.15) is 0 Å². The number of amides is 1. The molecule has 0 unspecified atom stereocenters. The molecule has 0 aliphatic heterocycles.